The van der Waals surface area contributed by atoms with E-state index in [1.165, 1.54) is 16.7 Å². The number of quaternary nitrogens is 1. The number of methoxy groups -OCH3 is 1. The van der Waals surface area contributed by atoms with Gasteiger partial charge in [-0.2, -0.15) is 0 Å². The number of carbonyl (C=O) groups is 1. The number of rotatable bonds is 7. The van der Waals surface area contributed by atoms with Crippen LogP contribution in [-0.2, 0) is 22.1 Å². The average Bonchev–Trinajstić information content (AvgIpc) is 2.97. The van der Waals surface area contributed by atoms with E-state index < -0.39 is 11.7 Å². The van der Waals surface area contributed by atoms with Crippen molar-refractivity contribution < 1.29 is 18.8 Å². The summed E-state index contributed by atoms with van der Waals surface area (Å²) in [5.41, 5.74) is 5.49. The zero-order chi connectivity index (χ0) is 33.7. The number of pyridine rings is 1. The van der Waals surface area contributed by atoms with E-state index in [0.29, 0.717) is 11.8 Å². The maximum Gasteiger partial charge on any atom is 0.408 e. The summed E-state index contributed by atoms with van der Waals surface area (Å²) in [6, 6.07) is 15.2. The van der Waals surface area contributed by atoms with E-state index in [4.69, 9.17) is 9.47 Å². The molecule has 6 nitrogen and oxygen atoms in total. The van der Waals surface area contributed by atoms with Gasteiger partial charge in [0.25, 0.3) is 0 Å². The fourth-order valence-electron chi connectivity index (χ4n) is 7.78. The number of hydrogen-bond acceptors (Lipinski definition) is 4. The molecule has 3 aromatic rings. The van der Waals surface area contributed by atoms with Crippen LogP contribution in [0, 0.1) is 11.8 Å². The fourth-order valence-corrected chi connectivity index (χ4v) is 7.78. The Hall–Kier alpha value is -3.38. The number of nitrogens with one attached hydrogen (secondary N) is 1. The normalized spacial score (nSPS) is 24.0. The molecular formula is C40H56N3O3+. The molecule has 0 spiro atoms. The molecule has 4 unspecified atom stereocenters. The second kappa shape index (κ2) is 12.3. The van der Waals surface area contributed by atoms with E-state index in [0.717, 1.165) is 59.2 Å². The first-order valence-corrected chi connectivity index (χ1v) is 17.0. The lowest BCUT2D eigenvalue weighted by Gasteiger charge is -2.59. The van der Waals surface area contributed by atoms with Gasteiger partial charge in [0.15, 0.2) is 0 Å². The quantitative estimate of drug-likeness (QED) is 0.210. The molecule has 1 amide bonds. The molecule has 2 bridgehead atoms. The zero-order valence-corrected chi connectivity index (χ0v) is 29.9. The van der Waals surface area contributed by atoms with E-state index in [-0.39, 0.29) is 22.9 Å². The lowest BCUT2D eigenvalue weighted by atomic mass is 9.70. The minimum atomic E-state index is -0.610. The number of piperidine rings is 3. The lowest BCUT2D eigenvalue weighted by molar-refractivity contribution is -0.983. The highest BCUT2D eigenvalue weighted by Crippen LogP contribution is 2.48. The van der Waals surface area contributed by atoms with Gasteiger partial charge >= 0.3 is 6.09 Å². The van der Waals surface area contributed by atoms with Crippen LogP contribution in [-0.4, -0.2) is 47.4 Å². The summed E-state index contributed by atoms with van der Waals surface area (Å²) in [6.07, 6.45) is 5.81. The first-order valence-electron chi connectivity index (χ1n) is 17.0. The van der Waals surface area contributed by atoms with Crippen molar-refractivity contribution in [3.05, 3.63) is 83.6 Å². The van der Waals surface area contributed by atoms with Gasteiger partial charge in [0.2, 0.25) is 0 Å². The molecule has 6 heteroatoms. The first-order chi connectivity index (χ1) is 21.4. The Morgan fingerprint density at radius 1 is 1.02 bits per heavy atom. The smallest absolute Gasteiger partial charge is 0.408 e. The molecule has 1 N–H and O–H groups in total. The van der Waals surface area contributed by atoms with Gasteiger partial charge in [-0.05, 0) is 90.6 Å². The summed E-state index contributed by atoms with van der Waals surface area (Å²) in [7, 11) is 1.69. The monoisotopic (exact) mass is 626 g/mol. The van der Waals surface area contributed by atoms with Crippen molar-refractivity contribution in [1.29, 1.82) is 0 Å². The third kappa shape index (κ3) is 7.12. The molecule has 3 saturated heterocycles. The number of hydrogen-bond donors (Lipinski definition) is 1. The summed E-state index contributed by atoms with van der Waals surface area (Å²) in [4.78, 5) is 18.3. The van der Waals surface area contributed by atoms with Crippen molar-refractivity contribution >= 4 is 17.0 Å². The van der Waals surface area contributed by atoms with E-state index in [1.807, 2.05) is 39.1 Å². The highest BCUT2D eigenvalue weighted by molar-refractivity contribution is 5.84. The first kappa shape index (κ1) is 34.0. The molecule has 3 fully saturated rings. The number of alkyl carbamates (subject to hydrolysis) is 1. The standard InChI is InChI=1S/C40H55N3O3/c1-12-27-25-43(24-26-19-29(38(2,3)4)22-30(20-26)39(5,6)7)18-16-28(27)21-35(43)36(42-37(44)46-40(8,9)10)32-15-17-41-34-14-13-31(45-11)23-33(32)34/h12-15,17,19-20,22-23,27-28,35-36H,1,16,18,21,24-25H2,2-11H3/p+1/t27?,28?,35?,36?,43-/m1/s1. The second-order valence-electron chi connectivity index (χ2n) is 16.9. The predicted molar refractivity (Wildman–Crippen MR) is 188 cm³/mol. The second-order valence-corrected chi connectivity index (χ2v) is 16.9. The van der Waals surface area contributed by atoms with E-state index in [9.17, 15) is 4.79 Å². The van der Waals surface area contributed by atoms with E-state index in [2.05, 4.69) is 94.8 Å². The van der Waals surface area contributed by atoms with Gasteiger partial charge in [0.05, 0.1) is 25.7 Å². The van der Waals surface area contributed by atoms with Crippen LogP contribution in [0.2, 0.25) is 0 Å². The molecule has 0 aliphatic carbocycles. The van der Waals surface area contributed by atoms with Gasteiger partial charge in [-0.1, -0.05) is 53.7 Å². The van der Waals surface area contributed by atoms with Crippen molar-refractivity contribution in [1.82, 2.24) is 10.3 Å². The zero-order valence-electron chi connectivity index (χ0n) is 29.9. The molecule has 5 atom stereocenters. The molecule has 248 valence electrons. The maximum atomic E-state index is 13.6. The molecule has 0 saturated carbocycles. The van der Waals surface area contributed by atoms with Gasteiger partial charge in [-0.3, -0.25) is 4.98 Å². The number of carbonyl (C=O) groups excluding carboxylic acids is 1. The van der Waals surface area contributed by atoms with Gasteiger partial charge < -0.3 is 19.3 Å². The average molecular weight is 627 g/mol. The van der Waals surface area contributed by atoms with Crippen molar-refractivity contribution in [3.8, 4) is 5.75 Å². The highest BCUT2D eigenvalue weighted by Gasteiger charge is 2.55. The Bertz CT molecular complexity index is 1560. The van der Waals surface area contributed by atoms with Crippen LogP contribution in [0.3, 0.4) is 0 Å². The molecule has 1 aromatic heterocycles. The van der Waals surface area contributed by atoms with Crippen LogP contribution in [0.25, 0.3) is 10.9 Å². The van der Waals surface area contributed by atoms with Crippen molar-refractivity contribution in [2.45, 2.75) is 110 Å². The van der Waals surface area contributed by atoms with Crippen LogP contribution in [0.1, 0.15) is 103 Å². The molecule has 3 aliphatic rings. The fraction of sp³-hybridized carbons (Fsp3) is 0.550. The molecule has 2 aromatic carbocycles. The number of nitrogens with zero attached hydrogens (tertiary/aromatic N) is 2. The Morgan fingerprint density at radius 2 is 1.70 bits per heavy atom. The number of amides is 1. The Balaban J connectivity index is 1.68. The Labute approximate surface area is 277 Å². The Kier molecular flexibility index (Phi) is 9.11. The number of aromatic nitrogens is 1. The number of benzene rings is 2. The summed E-state index contributed by atoms with van der Waals surface area (Å²) in [5, 5.41) is 4.41. The summed E-state index contributed by atoms with van der Waals surface area (Å²) in [5.74, 6) is 1.74. The van der Waals surface area contributed by atoms with E-state index in [1.54, 1.807) is 7.11 Å². The topological polar surface area (TPSA) is 60.5 Å². The highest BCUT2D eigenvalue weighted by atomic mass is 16.6. The molecule has 3 aliphatic heterocycles. The largest absolute Gasteiger partial charge is 0.497 e. The van der Waals surface area contributed by atoms with E-state index >= 15 is 0 Å². The SMILES string of the molecule is C=CC1C[N@+]2(Cc3cc(C(C)(C)C)cc(C(C)(C)C)c3)CCC1CC2C(NC(=O)OC(C)(C)C)c1ccnc2ccc(OC)cc12. The van der Waals surface area contributed by atoms with Crippen LogP contribution in [0.15, 0.2) is 61.3 Å². The minimum absolute atomic E-state index is 0.0315. The molecule has 0 radical (unpaired) electrons. The molecule has 4 heterocycles. The number of ether oxygens (including phenoxy) is 2. The van der Waals surface area contributed by atoms with Crippen molar-refractivity contribution in [2.75, 3.05) is 20.2 Å². The Morgan fingerprint density at radius 3 is 2.28 bits per heavy atom. The molecule has 6 rings (SSSR count). The lowest BCUT2D eigenvalue weighted by Crippen LogP contribution is -2.69. The van der Waals surface area contributed by atoms with Crippen molar-refractivity contribution in [2.24, 2.45) is 11.8 Å². The van der Waals surface area contributed by atoms with Crippen LogP contribution in [0.4, 0.5) is 4.79 Å². The molecule has 46 heavy (non-hydrogen) atoms. The third-order valence-electron chi connectivity index (χ3n) is 10.3. The van der Waals surface area contributed by atoms with Crippen LogP contribution in [0.5, 0.6) is 5.75 Å². The summed E-state index contributed by atoms with van der Waals surface area (Å²) < 4.78 is 12.4. The third-order valence-corrected chi connectivity index (χ3v) is 10.3. The van der Waals surface area contributed by atoms with Gasteiger partial charge in [-0.15, -0.1) is 6.58 Å². The van der Waals surface area contributed by atoms with Crippen molar-refractivity contribution in [3.63, 3.8) is 0 Å². The molecular weight excluding hydrogens is 570 g/mol. The maximum absolute atomic E-state index is 13.6. The number of fused-ring (bicyclic) bond motifs is 4. The van der Waals surface area contributed by atoms with Gasteiger partial charge in [0.1, 0.15) is 30.0 Å². The van der Waals surface area contributed by atoms with Gasteiger partial charge in [-0.25, -0.2) is 4.79 Å². The summed E-state index contributed by atoms with van der Waals surface area (Å²) in [6.45, 7) is 26.8. The predicted octanol–water partition coefficient (Wildman–Crippen LogP) is 9.02. The minimum Gasteiger partial charge on any atom is -0.497 e. The van der Waals surface area contributed by atoms with Gasteiger partial charge in [0, 0.05) is 35.9 Å². The van der Waals surface area contributed by atoms with Crippen LogP contribution < -0.4 is 10.1 Å². The van der Waals surface area contributed by atoms with Crippen LogP contribution >= 0.6 is 0 Å². The summed E-state index contributed by atoms with van der Waals surface area (Å²) >= 11 is 0.